The first kappa shape index (κ1) is 13.8. The second kappa shape index (κ2) is 7.05. The molecule has 19 heavy (non-hydrogen) atoms. The molecule has 0 atom stereocenters. The third-order valence-corrected chi connectivity index (χ3v) is 3.55. The lowest BCUT2D eigenvalue weighted by molar-refractivity contribution is 1.13. The third kappa shape index (κ3) is 4.49. The minimum Gasteiger partial charge on any atom is -0.378 e. The summed E-state index contributed by atoms with van der Waals surface area (Å²) in [5.41, 5.74) is 3.68. The Kier molecular flexibility index (Phi) is 5.10. The van der Waals surface area contributed by atoms with E-state index in [0.29, 0.717) is 0 Å². The molecule has 2 rings (SSSR count). The van der Waals surface area contributed by atoms with E-state index in [2.05, 4.69) is 85.1 Å². The number of thioether (sulfide) groups is 1. The monoisotopic (exact) mass is 269 g/mol. The van der Waals surface area contributed by atoms with Crippen LogP contribution < -0.4 is 4.90 Å². The number of anilines is 1. The summed E-state index contributed by atoms with van der Waals surface area (Å²) in [4.78, 5) is 2.11. The summed E-state index contributed by atoms with van der Waals surface area (Å²) in [5, 5.41) is 2.12. The van der Waals surface area contributed by atoms with Crippen LogP contribution in [0.5, 0.6) is 0 Å². The van der Waals surface area contributed by atoms with Gasteiger partial charge in [0.15, 0.2) is 0 Å². The molecule has 1 aliphatic rings. The average molecular weight is 269 g/mol. The van der Waals surface area contributed by atoms with Crippen molar-refractivity contribution < 1.29 is 0 Å². The highest BCUT2D eigenvalue weighted by molar-refractivity contribution is 8.02. The predicted octanol–water partition coefficient (Wildman–Crippen LogP) is 4.51. The number of hydrogen-bond donors (Lipinski definition) is 0. The van der Waals surface area contributed by atoms with E-state index in [9.17, 15) is 0 Å². The van der Waals surface area contributed by atoms with E-state index < -0.39 is 0 Å². The fourth-order valence-corrected chi connectivity index (χ4v) is 2.30. The molecule has 0 unspecified atom stereocenters. The van der Waals surface area contributed by atoms with Gasteiger partial charge in [-0.05, 0) is 34.8 Å². The van der Waals surface area contributed by atoms with Crippen LogP contribution in [0.15, 0.2) is 65.6 Å². The van der Waals surface area contributed by atoms with Crippen molar-refractivity contribution in [3.63, 3.8) is 0 Å². The topological polar surface area (TPSA) is 3.24 Å². The molecule has 1 aromatic rings. The quantitative estimate of drug-likeness (QED) is 0.777. The normalized spacial score (nSPS) is 17.1. The van der Waals surface area contributed by atoms with Crippen LogP contribution in [0, 0.1) is 0 Å². The second-order valence-electron chi connectivity index (χ2n) is 4.55. The van der Waals surface area contributed by atoms with Crippen LogP contribution in [0.2, 0.25) is 0 Å². The molecule has 0 spiro atoms. The Bertz CT molecular complexity index is 519. The van der Waals surface area contributed by atoms with Crippen LogP contribution in [0.3, 0.4) is 0 Å². The molecule has 0 aromatic heterocycles. The zero-order valence-electron chi connectivity index (χ0n) is 11.4. The fourth-order valence-electron chi connectivity index (χ4n) is 1.78. The molecule has 98 valence electrons. The van der Waals surface area contributed by atoms with Crippen molar-refractivity contribution >= 4 is 23.5 Å². The lowest BCUT2D eigenvalue weighted by atomic mass is 10.1. The van der Waals surface area contributed by atoms with Gasteiger partial charge >= 0.3 is 0 Å². The summed E-state index contributed by atoms with van der Waals surface area (Å²) in [6.07, 6.45) is 12.9. The Morgan fingerprint density at radius 3 is 2.58 bits per heavy atom. The Labute approximate surface area is 120 Å². The van der Waals surface area contributed by atoms with Crippen LogP contribution in [-0.4, -0.2) is 19.8 Å². The maximum atomic E-state index is 2.20. The van der Waals surface area contributed by atoms with Crippen molar-refractivity contribution in [2.24, 2.45) is 0 Å². The minimum atomic E-state index is 1.02. The first-order chi connectivity index (χ1) is 9.25. The van der Waals surface area contributed by atoms with E-state index in [1.165, 1.54) is 16.8 Å². The zero-order chi connectivity index (χ0) is 13.5. The Morgan fingerprint density at radius 2 is 1.84 bits per heavy atom. The van der Waals surface area contributed by atoms with Gasteiger partial charge in [-0.3, -0.25) is 0 Å². The van der Waals surface area contributed by atoms with Crippen LogP contribution in [-0.2, 0) is 0 Å². The first-order valence-electron chi connectivity index (χ1n) is 6.36. The van der Waals surface area contributed by atoms with Crippen molar-refractivity contribution in [1.29, 1.82) is 0 Å². The highest BCUT2D eigenvalue weighted by atomic mass is 32.2. The predicted molar refractivity (Wildman–Crippen MR) is 88.6 cm³/mol. The maximum Gasteiger partial charge on any atom is 0.0361 e. The van der Waals surface area contributed by atoms with Crippen molar-refractivity contribution in [1.82, 2.24) is 0 Å². The van der Waals surface area contributed by atoms with Gasteiger partial charge in [0.25, 0.3) is 0 Å². The number of allylic oxidation sites excluding steroid dienone is 5. The molecule has 0 N–H and O–H groups in total. The summed E-state index contributed by atoms with van der Waals surface area (Å²) < 4.78 is 0. The van der Waals surface area contributed by atoms with E-state index in [4.69, 9.17) is 0 Å². The molecule has 1 aliphatic heterocycles. The van der Waals surface area contributed by atoms with Crippen molar-refractivity contribution in [2.75, 3.05) is 24.7 Å². The number of rotatable bonds is 2. The van der Waals surface area contributed by atoms with Crippen LogP contribution in [0.1, 0.15) is 5.56 Å². The number of hydrogen-bond acceptors (Lipinski definition) is 2. The van der Waals surface area contributed by atoms with Gasteiger partial charge in [-0.15, -0.1) is 11.8 Å². The SMILES string of the molecule is CN(C)c1ccc(C=C2C=CC=CSCC=C2)cc1. The average Bonchev–Trinajstić information content (AvgIpc) is 2.53. The standard InChI is InChI=1S/C17H19NS/c1-18(2)17-10-8-16(9-11-17)14-15-6-3-4-12-19-13-5-7-15/h3-12,14H,13H2,1-2H3. The Balaban J connectivity index is 2.20. The summed E-state index contributed by atoms with van der Waals surface area (Å²) in [7, 11) is 4.11. The largest absolute Gasteiger partial charge is 0.378 e. The molecule has 1 heterocycles. The van der Waals surface area contributed by atoms with E-state index in [0.717, 1.165) is 5.75 Å². The molecule has 2 heteroatoms. The highest BCUT2D eigenvalue weighted by Crippen LogP contribution is 2.16. The van der Waals surface area contributed by atoms with Gasteiger partial charge in [-0.2, -0.15) is 0 Å². The summed E-state index contributed by atoms with van der Waals surface area (Å²) in [6, 6.07) is 8.60. The highest BCUT2D eigenvalue weighted by Gasteiger charge is 1.95. The van der Waals surface area contributed by atoms with Gasteiger partial charge < -0.3 is 4.90 Å². The molecule has 0 bridgehead atoms. The second-order valence-corrected chi connectivity index (χ2v) is 5.49. The molecular formula is C17H19NS. The molecule has 0 aliphatic carbocycles. The van der Waals surface area contributed by atoms with Gasteiger partial charge in [0.05, 0.1) is 0 Å². The van der Waals surface area contributed by atoms with E-state index in [1.807, 2.05) is 0 Å². The summed E-state index contributed by atoms with van der Waals surface area (Å²) in [5.74, 6) is 1.02. The van der Waals surface area contributed by atoms with Crippen LogP contribution in [0.4, 0.5) is 5.69 Å². The third-order valence-electron chi connectivity index (χ3n) is 2.82. The van der Waals surface area contributed by atoms with Gasteiger partial charge in [0.1, 0.15) is 0 Å². The number of benzene rings is 1. The van der Waals surface area contributed by atoms with Crippen molar-refractivity contribution in [2.45, 2.75) is 0 Å². The van der Waals surface area contributed by atoms with E-state index in [1.54, 1.807) is 11.8 Å². The fraction of sp³-hybridized carbons (Fsp3) is 0.176. The lowest BCUT2D eigenvalue weighted by Gasteiger charge is -2.11. The zero-order valence-corrected chi connectivity index (χ0v) is 12.2. The van der Waals surface area contributed by atoms with Crippen LogP contribution >= 0.6 is 11.8 Å². The van der Waals surface area contributed by atoms with Crippen molar-refractivity contribution in [3.8, 4) is 0 Å². The van der Waals surface area contributed by atoms with Gasteiger partial charge in [-0.1, -0.05) is 42.5 Å². The van der Waals surface area contributed by atoms with Gasteiger partial charge in [0, 0.05) is 25.5 Å². The Hall–Kier alpha value is -1.67. The molecule has 0 saturated carbocycles. The molecule has 0 saturated heterocycles. The maximum absolute atomic E-state index is 2.20. The lowest BCUT2D eigenvalue weighted by Crippen LogP contribution is -2.07. The summed E-state index contributed by atoms with van der Waals surface area (Å²) >= 11 is 1.80. The van der Waals surface area contributed by atoms with Gasteiger partial charge in [-0.25, -0.2) is 0 Å². The van der Waals surface area contributed by atoms with E-state index in [-0.39, 0.29) is 0 Å². The minimum absolute atomic E-state index is 1.02. The van der Waals surface area contributed by atoms with Gasteiger partial charge in [0.2, 0.25) is 0 Å². The van der Waals surface area contributed by atoms with Crippen LogP contribution in [0.25, 0.3) is 6.08 Å². The molecular weight excluding hydrogens is 250 g/mol. The summed E-state index contributed by atoms with van der Waals surface area (Å²) in [6.45, 7) is 0. The molecule has 1 aromatic carbocycles. The molecule has 0 fully saturated rings. The Morgan fingerprint density at radius 1 is 1.05 bits per heavy atom. The molecule has 0 radical (unpaired) electrons. The van der Waals surface area contributed by atoms with E-state index >= 15 is 0 Å². The molecule has 1 nitrogen and oxygen atoms in total. The van der Waals surface area contributed by atoms with Crippen molar-refractivity contribution in [3.05, 3.63) is 71.2 Å². The number of nitrogens with zero attached hydrogens (tertiary/aromatic N) is 1. The smallest absolute Gasteiger partial charge is 0.0361 e. The molecule has 0 amide bonds. The first-order valence-corrected chi connectivity index (χ1v) is 7.41.